The zero-order valence-electron chi connectivity index (χ0n) is 16.4. The molecule has 2 N–H and O–H groups in total. The Morgan fingerprint density at radius 1 is 0.926 bits per heavy atom. The average Bonchev–Trinajstić information content (AvgIpc) is 3.46. The van der Waals surface area contributed by atoms with Crippen molar-refractivity contribution in [1.29, 1.82) is 0 Å². The fourth-order valence-corrected chi connectivity index (χ4v) is 3.19. The molecule has 6 heteroatoms. The van der Waals surface area contributed by atoms with Crippen molar-refractivity contribution in [2.24, 2.45) is 17.3 Å². The van der Waals surface area contributed by atoms with E-state index in [0.717, 1.165) is 12.8 Å². The van der Waals surface area contributed by atoms with Crippen molar-refractivity contribution in [3.63, 3.8) is 0 Å². The molecule has 1 aromatic rings. The maximum Gasteiger partial charge on any atom is 0.229 e. The summed E-state index contributed by atoms with van der Waals surface area (Å²) < 4.78 is 0. The van der Waals surface area contributed by atoms with Crippen LogP contribution in [0.5, 0.6) is 0 Å². The Labute approximate surface area is 160 Å². The molecule has 1 heterocycles. The molecular weight excluding hydrogens is 342 g/mol. The van der Waals surface area contributed by atoms with Crippen LogP contribution in [-0.4, -0.2) is 35.7 Å². The quantitative estimate of drug-likeness (QED) is 0.853. The van der Waals surface area contributed by atoms with Crippen molar-refractivity contribution < 1.29 is 14.4 Å². The second-order valence-electron chi connectivity index (χ2n) is 8.65. The van der Waals surface area contributed by atoms with Crippen LogP contribution in [0.2, 0.25) is 0 Å². The maximum atomic E-state index is 12.6. The molecule has 1 aliphatic heterocycles. The van der Waals surface area contributed by atoms with E-state index in [9.17, 15) is 14.4 Å². The molecule has 2 fully saturated rings. The number of amides is 3. The summed E-state index contributed by atoms with van der Waals surface area (Å²) in [6, 6.07) is 7.20. The number of benzene rings is 1. The number of carbonyl (C=O) groups is 3. The first-order valence-electron chi connectivity index (χ1n) is 9.75. The summed E-state index contributed by atoms with van der Waals surface area (Å²) in [7, 11) is 0. The van der Waals surface area contributed by atoms with Crippen molar-refractivity contribution in [2.45, 2.75) is 46.5 Å². The number of likely N-dealkylation sites (tertiary alicyclic amines) is 1. The number of piperidine rings is 1. The molecule has 1 aromatic carbocycles. The third-order valence-electron chi connectivity index (χ3n) is 5.17. The predicted octanol–water partition coefficient (Wildman–Crippen LogP) is 3.26. The Bertz CT molecular complexity index is 726. The maximum absolute atomic E-state index is 12.6. The number of carbonyl (C=O) groups excluding carboxylic acids is 3. The Morgan fingerprint density at radius 3 is 2.07 bits per heavy atom. The Morgan fingerprint density at radius 2 is 1.52 bits per heavy atom. The van der Waals surface area contributed by atoms with Gasteiger partial charge in [0.05, 0.1) is 0 Å². The lowest BCUT2D eigenvalue weighted by molar-refractivity contribution is -0.135. The minimum atomic E-state index is -0.481. The number of anilines is 2. The van der Waals surface area contributed by atoms with Gasteiger partial charge in [-0.2, -0.15) is 0 Å². The highest BCUT2D eigenvalue weighted by Gasteiger charge is 2.36. The van der Waals surface area contributed by atoms with Gasteiger partial charge in [0.2, 0.25) is 17.7 Å². The van der Waals surface area contributed by atoms with E-state index in [2.05, 4.69) is 10.6 Å². The minimum Gasteiger partial charge on any atom is -0.342 e. The van der Waals surface area contributed by atoms with Crippen LogP contribution in [0.25, 0.3) is 0 Å². The topological polar surface area (TPSA) is 78.5 Å². The van der Waals surface area contributed by atoms with Crippen LogP contribution < -0.4 is 10.6 Å². The lowest BCUT2D eigenvalue weighted by Crippen LogP contribution is -2.42. The second kappa shape index (κ2) is 7.71. The van der Waals surface area contributed by atoms with E-state index in [4.69, 9.17) is 0 Å². The first kappa shape index (κ1) is 19.4. The lowest BCUT2D eigenvalue weighted by Gasteiger charge is -2.31. The van der Waals surface area contributed by atoms with Crippen molar-refractivity contribution in [2.75, 3.05) is 23.7 Å². The van der Waals surface area contributed by atoms with Gasteiger partial charge in [0.1, 0.15) is 0 Å². The van der Waals surface area contributed by atoms with Gasteiger partial charge in [-0.05, 0) is 43.9 Å². The Hall–Kier alpha value is -2.37. The monoisotopic (exact) mass is 371 g/mol. The van der Waals surface area contributed by atoms with Gasteiger partial charge < -0.3 is 15.5 Å². The molecule has 0 aromatic heterocycles. The normalized spacial score (nSPS) is 18.1. The summed E-state index contributed by atoms with van der Waals surface area (Å²) in [6.07, 6.45) is 3.43. The third-order valence-corrected chi connectivity index (χ3v) is 5.17. The molecule has 6 nitrogen and oxygen atoms in total. The second-order valence-corrected chi connectivity index (χ2v) is 8.65. The Balaban J connectivity index is 1.53. The van der Waals surface area contributed by atoms with Crippen LogP contribution in [0.4, 0.5) is 11.4 Å². The summed E-state index contributed by atoms with van der Waals surface area (Å²) in [5, 5.41) is 5.82. The molecule has 0 unspecified atom stereocenters. The lowest BCUT2D eigenvalue weighted by atomic mass is 9.95. The highest BCUT2D eigenvalue weighted by atomic mass is 16.2. The smallest absolute Gasteiger partial charge is 0.229 e. The van der Waals surface area contributed by atoms with Crippen LogP contribution in [0.3, 0.4) is 0 Å². The number of rotatable bonds is 4. The molecule has 0 bridgehead atoms. The SMILES string of the molecule is CC(C)(C)C(=O)Nc1cccc(NC(=O)C2CCN(C(=O)C3CC3)CC2)c1. The molecule has 27 heavy (non-hydrogen) atoms. The van der Waals surface area contributed by atoms with E-state index in [-0.39, 0.29) is 29.6 Å². The molecule has 0 atom stereocenters. The molecular formula is C21H29N3O3. The van der Waals surface area contributed by atoms with Crippen LogP contribution in [0.1, 0.15) is 46.5 Å². The van der Waals surface area contributed by atoms with Crippen molar-refractivity contribution in [3.05, 3.63) is 24.3 Å². The van der Waals surface area contributed by atoms with Gasteiger partial charge in [0.25, 0.3) is 0 Å². The van der Waals surface area contributed by atoms with E-state index in [1.54, 1.807) is 12.1 Å². The highest BCUT2D eigenvalue weighted by Crippen LogP contribution is 2.32. The van der Waals surface area contributed by atoms with Crippen LogP contribution in [0, 0.1) is 17.3 Å². The van der Waals surface area contributed by atoms with Crippen LogP contribution >= 0.6 is 0 Å². The van der Waals surface area contributed by atoms with E-state index in [1.165, 1.54) is 0 Å². The van der Waals surface area contributed by atoms with Crippen LogP contribution in [-0.2, 0) is 14.4 Å². The molecule has 0 radical (unpaired) electrons. The number of nitrogens with zero attached hydrogens (tertiary/aromatic N) is 1. The van der Waals surface area contributed by atoms with Crippen LogP contribution in [0.15, 0.2) is 24.3 Å². The van der Waals surface area contributed by atoms with Gasteiger partial charge in [0.15, 0.2) is 0 Å². The fourth-order valence-electron chi connectivity index (χ4n) is 3.19. The van der Waals surface area contributed by atoms with E-state index >= 15 is 0 Å². The van der Waals surface area contributed by atoms with Gasteiger partial charge in [-0.25, -0.2) is 0 Å². The van der Waals surface area contributed by atoms with Gasteiger partial charge in [-0.15, -0.1) is 0 Å². The first-order chi connectivity index (χ1) is 12.7. The standard InChI is InChI=1S/C21H29N3O3/c1-21(2,3)20(27)23-17-6-4-5-16(13-17)22-18(25)14-9-11-24(12-10-14)19(26)15-7-8-15/h4-6,13-15H,7-12H2,1-3H3,(H,22,25)(H,23,27). The largest absolute Gasteiger partial charge is 0.342 e. The van der Waals surface area contributed by atoms with Gasteiger partial charge in [-0.3, -0.25) is 14.4 Å². The predicted molar refractivity (Wildman–Crippen MR) is 105 cm³/mol. The van der Waals surface area contributed by atoms with Gasteiger partial charge in [0, 0.05) is 41.7 Å². The molecule has 2 aliphatic rings. The average molecular weight is 371 g/mol. The zero-order chi connectivity index (χ0) is 19.6. The number of hydrogen-bond donors (Lipinski definition) is 2. The number of nitrogens with one attached hydrogen (secondary N) is 2. The summed E-state index contributed by atoms with van der Waals surface area (Å²) in [5.74, 6) is 0.324. The molecule has 3 amide bonds. The van der Waals surface area contributed by atoms with E-state index in [1.807, 2.05) is 37.8 Å². The van der Waals surface area contributed by atoms with Crippen molar-refractivity contribution in [3.8, 4) is 0 Å². The molecule has 3 rings (SSSR count). The summed E-state index contributed by atoms with van der Waals surface area (Å²) >= 11 is 0. The van der Waals surface area contributed by atoms with E-state index < -0.39 is 5.41 Å². The van der Waals surface area contributed by atoms with Crippen molar-refractivity contribution in [1.82, 2.24) is 4.90 Å². The summed E-state index contributed by atoms with van der Waals surface area (Å²) in [4.78, 5) is 38.7. The zero-order valence-corrected chi connectivity index (χ0v) is 16.4. The highest BCUT2D eigenvalue weighted by molar-refractivity contribution is 5.96. The Kier molecular flexibility index (Phi) is 5.53. The fraction of sp³-hybridized carbons (Fsp3) is 0.571. The van der Waals surface area contributed by atoms with E-state index in [0.29, 0.717) is 37.3 Å². The molecule has 146 valence electrons. The summed E-state index contributed by atoms with van der Waals surface area (Å²) in [6.45, 7) is 6.89. The molecule has 0 spiro atoms. The molecule has 1 saturated carbocycles. The van der Waals surface area contributed by atoms with Gasteiger partial charge >= 0.3 is 0 Å². The molecule has 1 saturated heterocycles. The van der Waals surface area contributed by atoms with Gasteiger partial charge in [-0.1, -0.05) is 26.8 Å². The first-order valence-corrected chi connectivity index (χ1v) is 9.75. The minimum absolute atomic E-state index is 0.0205. The van der Waals surface area contributed by atoms with Crippen molar-refractivity contribution >= 4 is 29.1 Å². The third kappa shape index (κ3) is 5.08. The molecule has 1 aliphatic carbocycles. The summed E-state index contributed by atoms with van der Waals surface area (Å²) in [5.41, 5.74) is 0.853. The number of hydrogen-bond acceptors (Lipinski definition) is 3.